The monoisotopic (exact) mass is 395 g/mol. The van der Waals surface area contributed by atoms with Crippen molar-refractivity contribution >= 4 is 17.5 Å². The van der Waals surface area contributed by atoms with Crippen molar-refractivity contribution in [3.8, 4) is 5.75 Å². The molecule has 1 aliphatic carbocycles. The maximum Gasteiger partial charge on any atom is 0.238 e. The van der Waals surface area contributed by atoms with Crippen LogP contribution in [0.1, 0.15) is 24.2 Å². The lowest BCUT2D eigenvalue weighted by Gasteiger charge is -2.16. The molecule has 7 nitrogen and oxygen atoms in total. The van der Waals surface area contributed by atoms with Crippen LogP contribution in [0.4, 0.5) is 5.69 Å². The standard InChI is InChI=1S/C22H25N3O4/c1-14-11-15(2)24(23-14)12-17(26)13-29-18-9-7-16(8-10-18)25-21(27)19-5-3-4-6-20(19)22(25)28/h3-4,7-11,17,19-20,26H,5-6,12-13H2,1-2H3. The van der Waals surface area contributed by atoms with Crippen LogP contribution in [0.2, 0.25) is 0 Å². The topological polar surface area (TPSA) is 84.7 Å². The smallest absolute Gasteiger partial charge is 0.238 e. The van der Waals surface area contributed by atoms with Gasteiger partial charge in [-0.15, -0.1) is 0 Å². The van der Waals surface area contributed by atoms with Gasteiger partial charge in [0.15, 0.2) is 0 Å². The molecule has 0 radical (unpaired) electrons. The van der Waals surface area contributed by atoms with E-state index in [-0.39, 0.29) is 30.3 Å². The van der Waals surface area contributed by atoms with E-state index in [0.717, 1.165) is 11.4 Å². The molecule has 1 aromatic heterocycles. The quantitative estimate of drug-likeness (QED) is 0.600. The summed E-state index contributed by atoms with van der Waals surface area (Å²) in [5, 5.41) is 14.6. The average Bonchev–Trinajstić information content (AvgIpc) is 3.16. The maximum atomic E-state index is 12.7. The lowest BCUT2D eigenvalue weighted by atomic mass is 9.85. The summed E-state index contributed by atoms with van der Waals surface area (Å²) in [6.45, 7) is 4.33. The second-order valence-electron chi connectivity index (χ2n) is 7.74. The molecule has 1 saturated heterocycles. The van der Waals surface area contributed by atoms with Gasteiger partial charge < -0.3 is 9.84 Å². The molecule has 1 aliphatic heterocycles. The number of imide groups is 1. The third-order valence-corrected chi connectivity index (χ3v) is 5.53. The van der Waals surface area contributed by atoms with Gasteiger partial charge in [-0.05, 0) is 57.0 Å². The van der Waals surface area contributed by atoms with Gasteiger partial charge in [0, 0.05) is 5.69 Å². The number of hydrogen-bond acceptors (Lipinski definition) is 5. The number of benzene rings is 1. The lowest BCUT2D eigenvalue weighted by Crippen LogP contribution is -2.30. The van der Waals surface area contributed by atoms with E-state index in [9.17, 15) is 14.7 Å². The highest BCUT2D eigenvalue weighted by Gasteiger charge is 2.47. The number of aliphatic hydroxyl groups excluding tert-OH is 1. The van der Waals surface area contributed by atoms with Crippen molar-refractivity contribution in [1.29, 1.82) is 0 Å². The number of aromatic nitrogens is 2. The van der Waals surface area contributed by atoms with E-state index in [1.807, 2.05) is 32.1 Å². The minimum absolute atomic E-state index is 0.120. The number of amides is 2. The van der Waals surface area contributed by atoms with Gasteiger partial charge in [0.2, 0.25) is 11.8 Å². The molecule has 0 bridgehead atoms. The van der Waals surface area contributed by atoms with Gasteiger partial charge >= 0.3 is 0 Å². The Labute approximate surface area is 169 Å². The molecule has 0 spiro atoms. The van der Waals surface area contributed by atoms with E-state index >= 15 is 0 Å². The van der Waals surface area contributed by atoms with Crippen molar-refractivity contribution in [2.24, 2.45) is 11.8 Å². The molecule has 4 rings (SSSR count). The van der Waals surface area contributed by atoms with Crippen LogP contribution in [-0.2, 0) is 16.1 Å². The number of carbonyl (C=O) groups is 2. The Hall–Kier alpha value is -2.93. The molecule has 2 aliphatic rings. The molecule has 7 heteroatoms. The van der Waals surface area contributed by atoms with Crippen molar-refractivity contribution in [2.45, 2.75) is 39.3 Å². The van der Waals surface area contributed by atoms with Crippen LogP contribution >= 0.6 is 0 Å². The molecule has 3 unspecified atom stereocenters. The molecule has 2 amide bonds. The Morgan fingerprint density at radius 1 is 1.10 bits per heavy atom. The van der Waals surface area contributed by atoms with Crippen LogP contribution in [0.3, 0.4) is 0 Å². The van der Waals surface area contributed by atoms with Gasteiger partial charge in [0.25, 0.3) is 0 Å². The number of carbonyl (C=O) groups excluding carboxylic acids is 2. The van der Waals surface area contributed by atoms with Crippen LogP contribution in [-0.4, -0.2) is 39.4 Å². The summed E-state index contributed by atoms with van der Waals surface area (Å²) < 4.78 is 7.42. The van der Waals surface area contributed by atoms with Gasteiger partial charge in [-0.1, -0.05) is 12.2 Å². The Balaban J connectivity index is 1.36. The van der Waals surface area contributed by atoms with E-state index in [2.05, 4.69) is 5.10 Å². The van der Waals surface area contributed by atoms with Crippen LogP contribution in [0.5, 0.6) is 5.75 Å². The van der Waals surface area contributed by atoms with Gasteiger partial charge in [0.05, 0.1) is 29.8 Å². The highest BCUT2D eigenvalue weighted by molar-refractivity contribution is 6.22. The molecule has 2 heterocycles. The number of anilines is 1. The molecule has 1 N–H and O–H groups in total. The van der Waals surface area contributed by atoms with E-state index < -0.39 is 6.10 Å². The maximum absolute atomic E-state index is 12.7. The molecule has 3 atom stereocenters. The summed E-state index contributed by atoms with van der Waals surface area (Å²) in [6, 6.07) is 8.81. The highest BCUT2D eigenvalue weighted by Crippen LogP contribution is 2.37. The van der Waals surface area contributed by atoms with Gasteiger partial charge in [-0.2, -0.15) is 5.10 Å². The van der Waals surface area contributed by atoms with Gasteiger partial charge in [-0.25, -0.2) is 0 Å². The third kappa shape index (κ3) is 3.82. The summed E-state index contributed by atoms with van der Waals surface area (Å²) in [5.41, 5.74) is 2.46. The number of rotatable bonds is 6. The van der Waals surface area contributed by atoms with Crippen molar-refractivity contribution in [3.63, 3.8) is 0 Å². The Morgan fingerprint density at radius 3 is 2.28 bits per heavy atom. The first-order valence-electron chi connectivity index (χ1n) is 9.89. The number of hydrogen-bond donors (Lipinski definition) is 1. The van der Waals surface area contributed by atoms with Crippen LogP contribution in [0, 0.1) is 25.7 Å². The summed E-state index contributed by atoms with van der Waals surface area (Å²) >= 11 is 0. The number of aryl methyl sites for hydroxylation is 2. The van der Waals surface area contributed by atoms with E-state index in [0.29, 0.717) is 30.8 Å². The summed E-state index contributed by atoms with van der Waals surface area (Å²) in [5.74, 6) is -0.170. The first kappa shape index (κ1) is 19.4. The molecule has 1 aromatic carbocycles. The van der Waals surface area contributed by atoms with Crippen LogP contribution < -0.4 is 9.64 Å². The van der Waals surface area contributed by atoms with Crippen LogP contribution in [0.15, 0.2) is 42.5 Å². The zero-order valence-electron chi connectivity index (χ0n) is 16.6. The van der Waals surface area contributed by atoms with E-state index in [1.54, 1.807) is 28.9 Å². The fourth-order valence-electron chi connectivity index (χ4n) is 4.05. The first-order chi connectivity index (χ1) is 13.9. The van der Waals surface area contributed by atoms with E-state index in [1.165, 1.54) is 4.90 Å². The molecule has 152 valence electrons. The predicted octanol–water partition coefficient (Wildman–Crippen LogP) is 2.40. The Kier molecular flexibility index (Phi) is 5.24. The second-order valence-corrected chi connectivity index (χ2v) is 7.74. The average molecular weight is 395 g/mol. The minimum Gasteiger partial charge on any atom is -0.491 e. The van der Waals surface area contributed by atoms with E-state index in [4.69, 9.17) is 4.74 Å². The predicted molar refractivity (Wildman–Crippen MR) is 107 cm³/mol. The van der Waals surface area contributed by atoms with Crippen LogP contribution in [0.25, 0.3) is 0 Å². The number of nitrogens with zero attached hydrogens (tertiary/aromatic N) is 3. The summed E-state index contributed by atoms with van der Waals surface area (Å²) in [6.07, 6.45) is 4.50. The Morgan fingerprint density at radius 2 is 1.72 bits per heavy atom. The molecule has 29 heavy (non-hydrogen) atoms. The largest absolute Gasteiger partial charge is 0.491 e. The fourth-order valence-corrected chi connectivity index (χ4v) is 4.05. The normalized spacial score (nSPS) is 22.1. The number of aliphatic hydroxyl groups is 1. The molecule has 1 fully saturated rings. The number of fused-ring (bicyclic) bond motifs is 1. The lowest BCUT2D eigenvalue weighted by molar-refractivity contribution is -0.122. The molecular formula is C22H25N3O4. The second kappa shape index (κ2) is 7.83. The summed E-state index contributed by atoms with van der Waals surface area (Å²) in [4.78, 5) is 26.6. The highest BCUT2D eigenvalue weighted by atomic mass is 16.5. The van der Waals surface area contributed by atoms with Gasteiger partial charge in [0.1, 0.15) is 18.5 Å². The van der Waals surface area contributed by atoms with Crippen molar-refractivity contribution in [3.05, 3.63) is 53.9 Å². The third-order valence-electron chi connectivity index (χ3n) is 5.53. The molecular weight excluding hydrogens is 370 g/mol. The fraction of sp³-hybridized carbons (Fsp3) is 0.409. The Bertz CT molecular complexity index is 921. The number of ether oxygens (including phenoxy) is 1. The zero-order chi connectivity index (χ0) is 20.5. The first-order valence-corrected chi connectivity index (χ1v) is 9.89. The molecule has 0 saturated carbocycles. The van der Waals surface area contributed by atoms with Crippen molar-refractivity contribution in [1.82, 2.24) is 9.78 Å². The minimum atomic E-state index is -0.704. The van der Waals surface area contributed by atoms with Crippen molar-refractivity contribution in [2.75, 3.05) is 11.5 Å². The molecule has 2 aromatic rings. The SMILES string of the molecule is Cc1cc(C)n(CC(O)COc2ccc(N3C(=O)C4CC=CCC4C3=O)cc2)n1. The van der Waals surface area contributed by atoms with Crippen molar-refractivity contribution < 1.29 is 19.4 Å². The van der Waals surface area contributed by atoms with Gasteiger partial charge in [-0.3, -0.25) is 19.2 Å². The zero-order valence-corrected chi connectivity index (χ0v) is 16.6. The number of allylic oxidation sites excluding steroid dienone is 2. The summed E-state index contributed by atoms with van der Waals surface area (Å²) in [7, 11) is 0.